The highest BCUT2D eigenvalue weighted by Crippen LogP contribution is 2.12. The van der Waals surface area contributed by atoms with Gasteiger partial charge < -0.3 is 15.1 Å². The number of furan rings is 1. The van der Waals surface area contributed by atoms with Gasteiger partial charge in [0.15, 0.2) is 0 Å². The first-order valence-corrected chi connectivity index (χ1v) is 7.95. The minimum atomic E-state index is -0.226. The van der Waals surface area contributed by atoms with Crippen molar-refractivity contribution >= 4 is 17.5 Å². The third-order valence-corrected chi connectivity index (χ3v) is 3.62. The minimum Gasteiger partial charge on any atom is -0.467 e. The van der Waals surface area contributed by atoms with Crippen molar-refractivity contribution in [3.05, 3.63) is 89.9 Å². The third-order valence-electron chi connectivity index (χ3n) is 3.62. The summed E-state index contributed by atoms with van der Waals surface area (Å²) in [7, 11) is 0. The van der Waals surface area contributed by atoms with Crippen molar-refractivity contribution in [2.45, 2.75) is 13.0 Å². The normalized spacial score (nSPS) is 10.2. The van der Waals surface area contributed by atoms with Gasteiger partial charge in [0, 0.05) is 11.3 Å². The van der Waals surface area contributed by atoms with Gasteiger partial charge in [-0.05, 0) is 35.9 Å². The first kappa shape index (κ1) is 16.5. The Labute approximate surface area is 145 Å². The maximum absolute atomic E-state index is 12.2. The van der Waals surface area contributed by atoms with E-state index in [1.807, 2.05) is 30.3 Å². The Bertz CT molecular complexity index is 842. The van der Waals surface area contributed by atoms with Crippen LogP contribution in [0.15, 0.2) is 77.4 Å². The molecule has 2 amide bonds. The van der Waals surface area contributed by atoms with Gasteiger partial charge in [0.2, 0.25) is 5.91 Å². The number of carbonyl (C=O) groups excluding carboxylic acids is 2. The summed E-state index contributed by atoms with van der Waals surface area (Å²) in [6.07, 6.45) is 1.85. The molecule has 0 unspecified atom stereocenters. The predicted octanol–water partition coefficient (Wildman–Crippen LogP) is 3.39. The molecule has 0 saturated carbocycles. The van der Waals surface area contributed by atoms with Crippen molar-refractivity contribution in [3.8, 4) is 0 Å². The monoisotopic (exact) mass is 334 g/mol. The average Bonchev–Trinajstić information content (AvgIpc) is 3.14. The van der Waals surface area contributed by atoms with Gasteiger partial charge in [-0.25, -0.2) is 0 Å². The second-order valence-electron chi connectivity index (χ2n) is 5.55. The van der Waals surface area contributed by atoms with Crippen molar-refractivity contribution in [1.82, 2.24) is 5.32 Å². The van der Waals surface area contributed by atoms with E-state index < -0.39 is 0 Å². The van der Waals surface area contributed by atoms with E-state index in [0.29, 0.717) is 23.6 Å². The Kier molecular flexibility index (Phi) is 5.26. The molecule has 0 atom stereocenters. The molecule has 0 radical (unpaired) electrons. The van der Waals surface area contributed by atoms with Crippen LogP contribution in [0, 0.1) is 0 Å². The van der Waals surface area contributed by atoms with E-state index in [0.717, 1.165) is 5.56 Å². The van der Waals surface area contributed by atoms with Crippen molar-refractivity contribution in [2.24, 2.45) is 0 Å². The Hall–Kier alpha value is -3.34. The summed E-state index contributed by atoms with van der Waals surface area (Å²) in [5.74, 6) is 0.329. The van der Waals surface area contributed by atoms with E-state index in [4.69, 9.17) is 4.42 Å². The molecule has 3 aromatic rings. The van der Waals surface area contributed by atoms with Crippen LogP contribution in [0.2, 0.25) is 0 Å². The molecule has 25 heavy (non-hydrogen) atoms. The van der Waals surface area contributed by atoms with Crippen molar-refractivity contribution < 1.29 is 14.0 Å². The molecule has 3 rings (SSSR count). The molecule has 0 bridgehead atoms. The Morgan fingerprint density at radius 3 is 2.52 bits per heavy atom. The molecule has 5 nitrogen and oxygen atoms in total. The fourth-order valence-corrected chi connectivity index (χ4v) is 2.41. The summed E-state index contributed by atoms with van der Waals surface area (Å²) < 4.78 is 5.18. The standard InChI is InChI=1S/C20H18N2O3/c23-19(12-15-6-2-1-3-7-15)22-17-9-4-8-16(13-17)20(24)21-14-18-10-5-11-25-18/h1-11,13H,12,14H2,(H,21,24)(H,22,23). The van der Waals surface area contributed by atoms with Gasteiger partial charge in [-0.1, -0.05) is 36.4 Å². The second kappa shape index (κ2) is 7.97. The summed E-state index contributed by atoms with van der Waals surface area (Å²) in [6.45, 7) is 0.316. The maximum atomic E-state index is 12.2. The van der Waals surface area contributed by atoms with E-state index in [1.165, 1.54) is 0 Å². The number of hydrogen-bond acceptors (Lipinski definition) is 3. The third kappa shape index (κ3) is 4.81. The van der Waals surface area contributed by atoms with Gasteiger partial charge in [-0.3, -0.25) is 9.59 Å². The van der Waals surface area contributed by atoms with Gasteiger partial charge in [0.1, 0.15) is 5.76 Å². The molecule has 0 saturated heterocycles. The lowest BCUT2D eigenvalue weighted by atomic mass is 10.1. The summed E-state index contributed by atoms with van der Waals surface area (Å²) in [6, 6.07) is 19.9. The van der Waals surface area contributed by atoms with E-state index in [-0.39, 0.29) is 18.2 Å². The minimum absolute atomic E-state index is 0.126. The number of hydrogen-bond donors (Lipinski definition) is 2. The molecule has 0 aliphatic rings. The van der Waals surface area contributed by atoms with E-state index in [1.54, 1.807) is 42.7 Å². The van der Waals surface area contributed by atoms with Crippen molar-refractivity contribution in [1.29, 1.82) is 0 Å². The van der Waals surface area contributed by atoms with Crippen LogP contribution in [0.5, 0.6) is 0 Å². The molecule has 1 aromatic heterocycles. The summed E-state index contributed by atoms with van der Waals surface area (Å²) in [5, 5.41) is 5.59. The Morgan fingerprint density at radius 2 is 1.76 bits per heavy atom. The number of benzene rings is 2. The number of rotatable bonds is 6. The lowest BCUT2D eigenvalue weighted by molar-refractivity contribution is -0.115. The zero-order valence-electron chi connectivity index (χ0n) is 13.6. The number of carbonyl (C=O) groups is 2. The molecule has 0 aliphatic heterocycles. The highest BCUT2D eigenvalue weighted by atomic mass is 16.3. The lowest BCUT2D eigenvalue weighted by Crippen LogP contribution is -2.22. The molecule has 5 heteroatoms. The highest BCUT2D eigenvalue weighted by Gasteiger charge is 2.09. The Balaban J connectivity index is 1.58. The van der Waals surface area contributed by atoms with Crippen molar-refractivity contribution in [2.75, 3.05) is 5.32 Å². The van der Waals surface area contributed by atoms with Crippen LogP contribution in [0.3, 0.4) is 0 Å². The van der Waals surface area contributed by atoms with E-state index >= 15 is 0 Å². The average molecular weight is 334 g/mol. The van der Waals surface area contributed by atoms with Crippen LogP contribution in [0.4, 0.5) is 5.69 Å². The largest absolute Gasteiger partial charge is 0.467 e. The van der Waals surface area contributed by atoms with Crippen LogP contribution in [-0.2, 0) is 17.8 Å². The number of amides is 2. The van der Waals surface area contributed by atoms with Gasteiger partial charge in [-0.15, -0.1) is 0 Å². The number of anilines is 1. The van der Waals surface area contributed by atoms with Crippen LogP contribution >= 0.6 is 0 Å². The molecular formula is C20H18N2O3. The zero-order valence-corrected chi connectivity index (χ0v) is 13.6. The van der Waals surface area contributed by atoms with E-state index in [9.17, 15) is 9.59 Å². The molecular weight excluding hydrogens is 316 g/mol. The molecule has 2 aromatic carbocycles. The molecule has 2 N–H and O–H groups in total. The van der Waals surface area contributed by atoms with Gasteiger partial charge in [0.25, 0.3) is 5.91 Å². The first-order valence-electron chi connectivity index (χ1n) is 7.95. The summed E-state index contributed by atoms with van der Waals surface area (Å²) in [4.78, 5) is 24.3. The van der Waals surface area contributed by atoms with Gasteiger partial charge in [0.05, 0.1) is 19.2 Å². The predicted molar refractivity (Wildman–Crippen MR) is 95.1 cm³/mol. The molecule has 126 valence electrons. The first-order chi connectivity index (χ1) is 12.2. The van der Waals surface area contributed by atoms with E-state index in [2.05, 4.69) is 10.6 Å². The Morgan fingerprint density at radius 1 is 0.920 bits per heavy atom. The summed E-state index contributed by atoms with van der Waals surface area (Å²) in [5.41, 5.74) is 2.00. The van der Waals surface area contributed by atoms with Crippen LogP contribution in [-0.4, -0.2) is 11.8 Å². The van der Waals surface area contributed by atoms with Crippen LogP contribution in [0.25, 0.3) is 0 Å². The fraction of sp³-hybridized carbons (Fsp3) is 0.100. The smallest absolute Gasteiger partial charge is 0.251 e. The molecule has 0 spiro atoms. The highest BCUT2D eigenvalue weighted by molar-refractivity contribution is 5.97. The molecule has 0 aliphatic carbocycles. The van der Waals surface area contributed by atoms with Crippen molar-refractivity contribution in [3.63, 3.8) is 0 Å². The molecule has 0 fully saturated rings. The molecule has 1 heterocycles. The number of nitrogens with one attached hydrogen (secondary N) is 2. The lowest BCUT2D eigenvalue weighted by Gasteiger charge is -2.08. The fourth-order valence-electron chi connectivity index (χ4n) is 2.41. The summed E-state index contributed by atoms with van der Waals surface area (Å²) >= 11 is 0. The zero-order chi connectivity index (χ0) is 17.5. The van der Waals surface area contributed by atoms with Gasteiger partial charge in [-0.2, -0.15) is 0 Å². The SMILES string of the molecule is O=C(Cc1ccccc1)Nc1cccc(C(=O)NCc2ccco2)c1. The maximum Gasteiger partial charge on any atom is 0.251 e. The second-order valence-corrected chi connectivity index (χ2v) is 5.55. The quantitative estimate of drug-likeness (QED) is 0.726. The van der Waals surface area contributed by atoms with Crippen LogP contribution < -0.4 is 10.6 Å². The van der Waals surface area contributed by atoms with Crippen LogP contribution in [0.1, 0.15) is 21.7 Å². The topological polar surface area (TPSA) is 71.3 Å². The van der Waals surface area contributed by atoms with Gasteiger partial charge >= 0.3 is 0 Å².